The van der Waals surface area contributed by atoms with Crippen LogP contribution in [-0.4, -0.2) is 6.18 Å². The molecule has 0 nitrogen and oxygen atoms in total. The highest BCUT2D eigenvalue weighted by molar-refractivity contribution is 5.63. The third-order valence-electron chi connectivity index (χ3n) is 2.40. The minimum Gasteiger partial charge on any atom is -0.171 e. The van der Waals surface area contributed by atoms with E-state index in [2.05, 4.69) is 6.07 Å². The molecule has 0 amide bonds. The fourth-order valence-corrected chi connectivity index (χ4v) is 1.62. The topological polar surface area (TPSA) is 0 Å². The van der Waals surface area contributed by atoms with Crippen LogP contribution in [0.4, 0.5) is 13.2 Å². The van der Waals surface area contributed by atoms with Crippen molar-refractivity contribution in [1.82, 2.24) is 0 Å². The highest BCUT2D eigenvalue weighted by Gasteiger charge is 2.27. The molecule has 0 saturated carbocycles. The zero-order valence-electron chi connectivity index (χ0n) is 8.96. The first-order valence-electron chi connectivity index (χ1n) is 5.17. The second-order valence-corrected chi connectivity index (χ2v) is 3.78. The molecular weight excluding hydrogens is 225 g/mol. The summed E-state index contributed by atoms with van der Waals surface area (Å²) in [6.45, 7) is 0. The van der Waals surface area contributed by atoms with Gasteiger partial charge in [-0.15, -0.1) is 0 Å². The van der Waals surface area contributed by atoms with Gasteiger partial charge in [-0.05, 0) is 28.8 Å². The lowest BCUT2D eigenvalue weighted by Crippen LogP contribution is -2.11. The molecule has 0 atom stereocenters. The molecule has 0 heterocycles. The summed E-state index contributed by atoms with van der Waals surface area (Å²) < 4.78 is 36.5. The Kier molecular flexibility index (Phi) is 3.18. The third-order valence-corrected chi connectivity index (χ3v) is 2.40. The molecule has 0 aliphatic heterocycles. The van der Waals surface area contributed by atoms with Crippen molar-refractivity contribution < 1.29 is 13.2 Å². The van der Waals surface area contributed by atoms with Crippen molar-refractivity contribution in [3.05, 3.63) is 60.2 Å². The van der Waals surface area contributed by atoms with Crippen LogP contribution in [0, 0.1) is 6.07 Å². The molecule has 0 spiro atoms. The summed E-state index contributed by atoms with van der Waals surface area (Å²) in [5, 5.41) is 0. The number of rotatable bonds is 2. The molecule has 0 aliphatic rings. The molecular formula is C14H10F3. The van der Waals surface area contributed by atoms with Crippen LogP contribution in [-0.2, 0) is 6.42 Å². The van der Waals surface area contributed by atoms with Gasteiger partial charge in [-0.3, -0.25) is 0 Å². The maximum absolute atomic E-state index is 12.2. The van der Waals surface area contributed by atoms with Crippen molar-refractivity contribution in [2.24, 2.45) is 0 Å². The SMILES string of the molecule is FC(F)(F)Cc1ccc(-c2c[c]ccc2)cc1. The molecule has 0 saturated heterocycles. The first-order chi connectivity index (χ1) is 8.04. The summed E-state index contributed by atoms with van der Waals surface area (Å²) in [5.74, 6) is 0. The van der Waals surface area contributed by atoms with E-state index in [0.717, 1.165) is 11.1 Å². The molecule has 0 aliphatic carbocycles. The summed E-state index contributed by atoms with van der Waals surface area (Å²) in [6, 6.07) is 16.7. The Morgan fingerprint density at radius 1 is 0.941 bits per heavy atom. The Morgan fingerprint density at radius 3 is 2.18 bits per heavy atom. The second kappa shape index (κ2) is 4.62. The lowest BCUT2D eigenvalue weighted by atomic mass is 10.0. The minimum absolute atomic E-state index is 0.279. The van der Waals surface area contributed by atoms with E-state index in [4.69, 9.17) is 0 Å². The lowest BCUT2D eigenvalue weighted by Gasteiger charge is -2.07. The Labute approximate surface area is 97.7 Å². The molecule has 87 valence electrons. The van der Waals surface area contributed by atoms with E-state index in [1.165, 1.54) is 12.1 Å². The average Bonchev–Trinajstić information content (AvgIpc) is 2.29. The second-order valence-electron chi connectivity index (χ2n) is 3.78. The summed E-state index contributed by atoms with van der Waals surface area (Å²) in [7, 11) is 0. The highest BCUT2D eigenvalue weighted by Crippen LogP contribution is 2.24. The fourth-order valence-electron chi connectivity index (χ4n) is 1.62. The van der Waals surface area contributed by atoms with Crippen molar-refractivity contribution in [2.75, 3.05) is 0 Å². The van der Waals surface area contributed by atoms with Gasteiger partial charge in [0, 0.05) is 0 Å². The normalized spacial score (nSPS) is 11.5. The molecule has 1 radical (unpaired) electrons. The zero-order chi connectivity index (χ0) is 12.3. The van der Waals surface area contributed by atoms with Gasteiger partial charge in [-0.25, -0.2) is 0 Å². The van der Waals surface area contributed by atoms with Crippen LogP contribution in [0.3, 0.4) is 0 Å². The zero-order valence-corrected chi connectivity index (χ0v) is 8.96. The lowest BCUT2D eigenvalue weighted by molar-refractivity contribution is -0.127. The first kappa shape index (κ1) is 11.7. The molecule has 17 heavy (non-hydrogen) atoms. The van der Waals surface area contributed by atoms with Crippen molar-refractivity contribution in [2.45, 2.75) is 12.6 Å². The van der Waals surface area contributed by atoms with E-state index in [-0.39, 0.29) is 5.56 Å². The van der Waals surface area contributed by atoms with Gasteiger partial charge >= 0.3 is 6.18 Å². The van der Waals surface area contributed by atoms with Crippen molar-refractivity contribution in [3.8, 4) is 11.1 Å². The minimum atomic E-state index is -4.15. The van der Waals surface area contributed by atoms with Gasteiger partial charge in [0.1, 0.15) is 0 Å². The van der Waals surface area contributed by atoms with Crippen LogP contribution in [0.1, 0.15) is 5.56 Å². The number of hydrogen-bond donors (Lipinski definition) is 0. The first-order valence-corrected chi connectivity index (χ1v) is 5.17. The highest BCUT2D eigenvalue weighted by atomic mass is 19.4. The predicted molar refractivity (Wildman–Crippen MR) is 60.5 cm³/mol. The van der Waals surface area contributed by atoms with Gasteiger partial charge in [0.15, 0.2) is 0 Å². The van der Waals surface area contributed by atoms with Crippen LogP contribution < -0.4 is 0 Å². The Morgan fingerprint density at radius 2 is 1.65 bits per heavy atom. The number of halogens is 3. The largest absolute Gasteiger partial charge is 0.393 e. The van der Waals surface area contributed by atoms with Gasteiger partial charge in [-0.1, -0.05) is 42.5 Å². The molecule has 2 rings (SSSR count). The summed E-state index contributed by atoms with van der Waals surface area (Å²) in [6.07, 6.45) is -5.03. The molecule has 2 aromatic rings. The van der Waals surface area contributed by atoms with Gasteiger partial charge in [0.25, 0.3) is 0 Å². The standard InChI is InChI=1S/C14H10F3/c15-14(16,17)10-11-6-8-13(9-7-11)12-4-2-1-3-5-12/h1-2,4-9H,10H2. The Balaban J connectivity index is 2.19. The molecule has 0 unspecified atom stereocenters. The van der Waals surface area contributed by atoms with Gasteiger partial charge in [-0.2, -0.15) is 13.2 Å². The number of benzene rings is 2. The Bertz CT molecular complexity index is 469. The summed E-state index contributed by atoms with van der Waals surface area (Å²) >= 11 is 0. The Hall–Kier alpha value is -1.77. The maximum atomic E-state index is 12.2. The van der Waals surface area contributed by atoms with Crippen LogP contribution in [0.2, 0.25) is 0 Å². The molecule has 0 fully saturated rings. The number of hydrogen-bond acceptors (Lipinski definition) is 0. The van der Waals surface area contributed by atoms with Crippen molar-refractivity contribution in [3.63, 3.8) is 0 Å². The number of alkyl halides is 3. The van der Waals surface area contributed by atoms with Crippen molar-refractivity contribution in [1.29, 1.82) is 0 Å². The van der Waals surface area contributed by atoms with Crippen LogP contribution in [0.5, 0.6) is 0 Å². The van der Waals surface area contributed by atoms with E-state index >= 15 is 0 Å². The van der Waals surface area contributed by atoms with E-state index < -0.39 is 12.6 Å². The van der Waals surface area contributed by atoms with E-state index in [9.17, 15) is 13.2 Å². The molecule has 0 N–H and O–H groups in total. The smallest absolute Gasteiger partial charge is 0.171 e. The van der Waals surface area contributed by atoms with Crippen LogP contribution >= 0.6 is 0 Å². The van der Waals surface area contributed by atoms with Crippen molar-refractivity contribution >= 4 is 0 Å². The van der Waals surface area contributed by atoms with Gasteiger partial charge in [0.05, 0.1) is 6.42 Å². The predicted octanol–water partition coefficient (Wildman–Crippen LogP) is 4.26. The van der Waals surface area contributed by atoms with Crippen LogP contribution in [0.15, 0.2) is 48.5 Å². The average molecular weight is 235 g/mol. The van der Waals surface area contributed by atoms with Crippen LogP contribution in [0.25, 0.3) is 11.1 Å². The van der Waals surface area contributed by atoms with E-state index in [0.29, 0.717) is 0 Å². The van der Waals surface area contributed by atoms with Gasteiger partial charge in [0.2, 0.25) is 0 Å². The maximum Gasteiger partial charge on any atom is 0.393 e. The van der Waals surface area contributed by atoms with Gasteiger partial charge < -0.3 is 0 Å². The quantitative estimate of drug-likeness (QED) is 0.729. The summed E-state index contributed by atoms with van der Waals surface area (Å²) in [4.78, 5) is 0. The molecule has 2 aromatic carbocycles. The fraction of sp³-hybridized carbons (Fsp3) is 0.143. The third kappa shape index (κ3) is 3.34. The molecule has 0 aromatic heterocycles. The molecule has 3 heteroatoms. The van der Waals surface area contributed by atoms with E-state index in [1.807, 2.05) is 12.1 Å². The summed E-state index contributed by atoms with van der Waals surface area (Å²) in [5.41, 5.74) is 2.12. The molecule has 0 bridgehead atoms. The van der Waals surface area contributed by atoms with E-state index in [1.54, 1.807) is 24.3 Å². The monoisotopic (exact) mass is 235 g/mol.